The molecule has 1 aromatic carbocycles. The molecule has 0 unspecified atom stereocenters. The zero-order valence-electron chi connectivity index (χ0n) is 18.6. The van der Waals surface area contributed by atoms with E-state index in [-0.39, 0.29) is 23.8 Å². The number of rotatable bonds is 4. The minimum atomic E-state index is -1.09. The van der Waals surface area contributed by atoms with Gasteiger partial charge in [-0.1, -0.05) is 19.3 Å². The summed E-state index contributed by atoms with van der Waals surface area (Å²) < 4.78 is 16.8. The summed E-state index contributed by atoms with van der Waals surface area (Å²) >= 11 is 0. The van der Waals surface area contributed by atoms with Gasteiger partial charge in [-0.05, 0) is 56.0 Å². The van der Waals surface area contributed by atoms with Gasteiger partial charge in [-0.2, -0.15) is 0 Å². The second-order valence-electron chi connectivity index (χ2n) is 9.45. The number of likely N-dealkylation sites (tertiary alicyclic amines) is 1. The van der Waals surface area contributed by atoms with Gasteiger partial charge < -0.3 is 14.6 Å². The van der Waals surface area contributed by atoms with Gasteiger partial charge in [0.1, 0.15) is 17.8 Å². The molecule has 5 rings (SSSR count). The smallest absolute Gasteiger partial charge is 0.262 e. The van der Waals surface area contributed by atoms with Crippen molar-refractivity contribution in [3.05, 3.63) is 64.6 Å². The molecule has 2 aromatic heterocycles. The number of halogens is 1. The quantitative estimate of drug-likeness (QED) is 0.657. The molecule has 0 bridgehead atoms. The molecule has 2 fully saturated rings. The Kier molecular flexibility index (Phi) is 5.78. The number of nitrogens with zero attached hydrogens (tertiary/aromatic N) is 4. The number of benzene rings is 1. The fourth-order valence-corrected chi connectivity index (χ4v) is 5.22. The maximum Gasteiger partial charge on any atom is 0.262 e. The van der Waals surface area contributed by atoms with Gasteiger partial charge in [-0.3, -0.25) is 14.2 Å². The molecule has 174 valence electrons. The van der Waals surface area contributed by atoms with Crippen molar-refractivity contribution < 1.29 is 14.3 Å². The molecule has 1 aliphatic heterocycles. The number of fused-ring (bicyclic) bond motifs is 1. The van der Waals surface area contributed by atoms with Gasteiger partial charge in [0.2, 0.25) is 0 Å². The first kappa shape index (κ1) is 21.8. The van der Waals surface area contributed by atoms with Crippen molar-refractivity contribution >= 4 is 16.9 Å². The summed E-state index contributed by atoms with van der Waals surface area (Å²) in [5, 5.41) is 11.7. The first-order valence-electron chi connectivity index (χ1n) is 11.8. The van der Waals surface area contributed by atoms with Crippen LogP contribution in [0.1, 0.15) is 61.3 Å². The first-order chi connectivity index (χ1) is 15.9. The summed E-state index contributed by atoms with van der Waals surface area (Å²) in [6, 6.07) is 7.71. The summed E-state index contributed by atoms with van der Waals surface area (Å²) in [7, 11) is 0. The third-order valence-corrected chi connectivity index (χ3v) is 7.20. The molecule has 8 heteroatoms. The van der Waals surface area contributed by atoms with E-state index in [2.05, 4.69) is 9.55 Å². The van der Waals surface area contributed by atoms with Gasteiger partial charge in [-0.25, -0.2) is 9.37 Å². The van der Waals surface area contributed by atoms with E-state index in [4.69, 9.17) is 0 Å². The number of hydrogen-bond acceptors (Lipinski definition) is 4. The second kappa shape index (κ2) is 8.74. The van der Waals surface area contributed by atoms with Crippen LogP contribution in [0.2, 0.25) is 0 Å². The molecule has 0 spiro atoms. The van der Waals surface area contributed by atoms with Crippen LogP contribution in [0, 0.1) is 5.82 Å². The van der Waals surface area contributed by atoms with Crippen LogP contribution in [0.15, 0.2) is 47.7 Å². The molecule has 3 heterocycles. The van der Waals surface area contributed by atoms with Crippen LogP contribution in [0.4, 0.5) is 4.39 Å². The second-order valence-corrected chi connectivity index (χ2v) is 9.45. The van der Waals surface area contributed by atoms with Crippen molar-refractivity contribution in [3.63, 3.8) is 0 Å². The fraction of sp³-hybridized carbons (Fsp3) is 0.480. The number of aromatic nitrogens is 3. The Hall–Kier alpha value is -3.00. The van der Waals surface area contributed by atoms with E-state index in [9.17, 15) is 19.1 Å². The molecular formula is C25H29FN4O3. The third-order valence-electron chi connectivity index (χ3n) is 7.20. The Labute approximate surface area is 191 Å². The van der Waals surface area contributed by atoms with Gasteiger partial charge in [-0.15, -0.1) is 0 Å². The average Bonchev–Trinajstić information content (AvgIpc) is 3.27. The lowest BCUT2D eigenvalue weighted by atomic mass is 9.91. The van der Waals surface area contributed by atoms with Crippen LogP contribution in [0.5, 0.6) is 0 Å². The number of carbonyl (C=O) groups excluding carboxylic acids is 1. The lowest BCUT2D eigenvalue weighted by Gasteiger charge is -2.38. The van der Waals surface area contributed by atoms with Crippen LogP contribution < -0.4 is 5.56 Å². The maximum absolute atomic E-state index is 13.1. The highest BCUT2D eigenvalue weighted by Gasteiger charge is 2.35. The molecule has 2 aliphatic rings. The van der Waals surface area contributed by atoms with Gasteiger partial charge >= 0.3 is 0 Å². The van der Waals surface area contributed by atoms with Crippen LogP contribution in [-0.4, -0.2) is 48.7 Å². The van der Waals surface area contributed by atoms with Crippen molar-refractivity contribution in [1.82, 2.24) is 19.0 Å². The molecule has 1 N–H and O–H groups in total. The SMILES string of the molecule is O=C(c1ccc(F)cc1)N1CCC(O)(Cn2cnc3c(ccn3C3CCCCC3)c2=O)CC1. The third kappa shape index (κ3) is 4.31. The molecule has 1 saturated carbocycles. The van der Waals surface area contributed by atoms with Crippen LogP contribution in [-0.2, 0) is 6.54 Å². The van der Waals surface area contributed by atoms with E-state index in [0.717, 1.165) is 18.5 Å². The normalized spacial score (nSPS) is 19.2. The topological polar surface area (TPSA) is 80.4 Å². The molecule has 1 amide bonds. The van der Waals surface area contributed by atoms with Gasteiger partial charge in [0.05, 0.1) is 17.5 Å². The summed E-state index contributed by atoms with van der Waals surface area (Å²) in [6.07, 6.45) is 10.1. The minimum Gasteiger partial charge on any atom is -0.388 e. The average molecular weight is 453 g/mol. The van der Waals surface area contributed by atoms with Gasteiger partial charge in [0, 0.05) is 30.9 Å². The van der Waals surface area contributed by atoms with Crippen molar-refractivity contribution in [2.45, 2.75) is 63.1 Å². The number of piperidine rings is 1. The Morgan fingerprint density at radius 2 is 1.79 bits per heavy atom. The Morgan fingerprint density at radius 3 is 2.48 bits per heavy atom. The van der Waals surface area contributed by atoms with E-state index in [1.807, 2.05) is 12.3 Å². The summed E-state index contributed by atoms with van der Waals surface area (Å²) in [5.41, 5.74) is -0.0946. The van der Waals surface area contributed by atoms with Crippen LogP contribution in [0.25, 0.3) is 11.0 Å². The molecule has 0 radical (unpaired) electrons. The zero-order valence-corrected chi connectivity index (χ0v) is 18.6. The van der Waals surface area contributed by atoms with Gasteiger partial charge in [0.15, 0.2) is 0 Å². The van der Waals surface area contributed by atoms with Crippen molar-refractivity contribution in [2.24, 2.45) is 0 Å². The van der Waals surface area contributed by atoms with Crippen molar-refractivity contribution in [3.8, 4) is 0 Å². The maximum atomic E-state index is 13.1. The Bertz CT molecular complexity index is 1200. The lowest BCUT2D eigenvalue weighted by molar-refractivity contribution is -0.0299. The molecule has 33 heavy (non-hydrogen) atoms. The number of carbonyl (C=O) groups is 1. The highest BCUT2D eigenvalue weighted by atomic mass is 19.1. The summed E-state index contributed by atoms with van der Waals surface area (Å²) in [5.74, 6) is -0.564. The Balaban J connectivity index is 1.28. The predicted molar refractivity (Wildman–Crippen MR) is 123 cm³/mol. The van der Waals surface area contributed by atoms with Gasteiger partial charge in [0.25, 0.3) is 11.5 Å². The summed E-state index contributed by atoms with van der Waals surface area (Å²) in [4.78, 5) is 32.0. The highest BCUT2D eigenvalue weighted by molar-refractivity contribution is 5.94. The van der Waals surface area contributed by atoms with E-state index < -0.39 is 5.60 Å². The zero-order chi connectivity index (χ0) is 23.0. The van der Waals surface area contributed by atoms with Crippen LogP contribution >= 0.6 is 0 Å². The van der Waals surface area contributed by atoms with E-state index in [1.54, 1.807) is 4.90 Å². The fourth-order valence-electron chi connectivity index (χ4n) is 5.22. The largest absolute Gasteiger partial charge is 0.388 e. The summed E-state index contributed by atoms with van der Waals surface area (Å²) in [6.45, 7) is 0.881. The van der Waals surface area contributed by atoms with E-state index in [0.29, 0.717) is 42.9 Å². The first-order valence-corrected chi connectivity index (χ1v) is 11.8. The lowest BCUT2D eigenvalue weighted by Crippen LogP contribution is -2.49. The molecular weight excluding hydrogens is 423 g/mol. The number of aliphatic hydroxyl groups is 1. The molecule has 3 aromatic rings. The molecule has 1 aliphatic carbocycles. The van der Waals surface area contributed by atoms with Crippen molar-refractivity contribution in [1.29, 1.82) is 0 Å². The minimum absolute atomic E-state index is 0.141. The molecule has 1 saturated heterocycles. The molecule has 0 atom stereocenters. The molecule has 7 nitrogen and oxygen atoms in total. The van der Waals surface area contributed by atoms with E-state index in [1.165, 1.54) is 54.4 Å². The van der Waals surface area contributed by atoms with Crippen LogP contribution in [0.3, 0.4) is 0 Å². The van der Waals surface area contributed by atoms with E-state index >= 15 is 0 Å². The predicted octanol–water partition coefficient (Wildman–Crippen LogP) is 3.51. The number of amides is 1. The monoisotopic (exact) mass is 452 g/mol. The highest BCUT2D eigenvalue weighted by Crippen LogP contribution is 2.30. The number of hydrogen-bond donors (Lipinski definition) is 1. The van der Waals surface area contributed by atoms with Crippen molar-refractivity contribution in [2.75, 3.05) is 13.1 Å². The standard InChI is InChI=1S/C25H29FN4O3/c26-19-8-6-18(7-9-19)23(31)28-14-11-25(33,12-15-28)16-29-17-27-22-21(24(29)32)10-13-30(22)20-4-2-1-3-5-20/h6-10,13,17,20,33H,1-5,11-12,14-16H2. The Morgan fingerprint density at radius 1 is 1.09 bits per heavy atom.